The summed E-state index contributed by atoms with van der Waals surface area (Å²) < 4.78 is 10.5. The highest BCUT2D eigenvalue weighted by molar-refractivity contribution is 5.89. The monoisotopic (exact) mass is 381 g/mol. The van der Waals surface area contributed by atoms with Crippen molar-refractivity contribution in [1.82, 2.24) is 4.90 Å². The van der Waals surface area contributed by atoms with Gasteiger partial charge in [-0.15, -0.1) is 12.4 Å². The summed E-state index contributed by atoms with van der Waals surface area (Å²) in [5, 5.41) is 10.1. The van der Waals surface area contributed by atoms with Crippen LogP contribution >= 0.6 is 12.4 Å². The van der Waals surface area contributed by atoms with Gasteiger partial charge < -0.3 is 14.6 Å². The molecular formula is C20H28ClNO4. The van der Waals surface area contributed by atoms with Crippen molar-refractivity contribution in [2.45, 2.75) is 38.5 Å². The van der Waals surface area contributed by atoms with Crippen LogP contribution in [0, 0.1) is 0 Å². The van der Waals surface area contributed by atoms with Crippen LogP contribution in [0.2, 0.25) is 0 Å². The van der Waals surface area contributed by atoms with E-state index in [4.69, 9.17) is 9.47 Å². The van der Waals surface area contributed by atoms with Crippen molar-refractivity contribution in [3.8, 4) is 5.75 Å². The predicted octanol–water partition coefficient (Wildman–Crippen LogP) is 3.62. The Morgan fingerprint density at radius 1 is 1.35 bits per heavy atom. The molecule has 144 valence electrons. The number of carbonyl (C=O) groups excluding carboxylic acids is 1. The Hall–Kier alpha value is -1.72. The number of benzene rings is 1. The SMILES string of the molecule is CCOC(=O)C1=C(O)CCN(CC2CCCc3ccc(OC)cc32)C1.Cl. The van der Waals surface area contributed by atoms with Gasteiger partial charge in [0.2, 0.25) is 0 Å². The molecule has 1 aromatic carbocycles. The highest BCUT2D eigenvalue weighted by Gasteiger charge is 2.28. The van der Waals surface area contributed by atoms with Gasteiger partial charge in [0, 0.05) is 26.1 Å². The zero-order valence-corrected chi connectivity index (χ0v) is 16.3. The number of aliphatic hydroxyl groups excluding tert-OH is 1. The van der Waals surface area contributed by atoms with Crippen molar-refractivity contribution in [3.05, 3.63) is 40.7 Å². The molecule has 1 unspecified atom stereocenters. The Morgan fingerprint density at radius 3 is 2.88 bits per heavy atom. The molecule has 0 saturated heterocycles. The molecule has 2 aliphatic rings. The number of aliphatic hydroxyl groups is 1. The fourth-order valence-electron chi connectivity index (χ4n) is 3.87. The van der Waals surface area contributed by atoms with Crippen molar-refractivity contribution < 1.29 is 19.4 Å². The summed E-state index contributed by atoms with van der Waals surface area (Å²) in [5.74, 6) is 1.12. The Bertz CT molecular complexity index is 674. The van der Waals surface area contributed by atoms with Gasteiger partial charge >= 0.3 is 5.97 Å². The Labute approximate surface area is 161 Å². The zero-order valence-electron chi connectivity index (χ0n) is 15.5. The van der Waals surface area contributed by atoms with E-state index < -0.39 is 5.97 Å². The van der Waals surface area contributed by atoms with Crippen LogP contribution in [0.4, 0.5) is 0 Å². The number of hydrogen-bond donors (Lipinski definition) is 1. The number of fused-ring (bicyclic) bond motifs is 1. The van der Waals surface area contributed by atoms with Crippen LogP contribution in [0.25, 0.3) is 0 Å². The zero-order chi connectivity index (χ0) is 17.8. The van der Waals surface area contributed by atoms with Gasteiger partial charge in [-0.2, -0.15) is 0 Å². The largest absolute Gasteiger partial charge is 0.512 e. The Balaban J connectivity index is 0.00000243. The second kappa shape index (κ2) is 9.28. The van der Waals surface area contributed by atoms with E-state index in [0.29, 0.717) is 31.1 Å². The number of aryl methyl sites for hydroxylation is 1. The molecule has 0 saturated carbocycles. The number of hydrogen-bond acceptors (Lipinski definition) is 5. The average Bonchev–Trinajstić information content (AvgIpc) is 2.63. The lowest BCUT2D eigenvalue weighted by molar-refractivity contribution is -0.139. The normalized spacial score (nSPS) is 20.2. The second-order valence-electron chi connectivity index (χ2n) is 6.78. The Morgan fingerprint density at radius 2 is 2.15 bits per heavy atom. The molecule has 0 radical (unpaired) electrons. The van der Waals surface area contributed by atoms with Gasteiger partial charge in [-0.25, -0.2) is 4.79 Å². The number of halogens is 1. The molecule has 0 bridgehead atoms. The molecule has 1 aromatic rings. The lowest BCUT2D eigenvalue weighted by Gasteiger charge is -2.34. The molecule has 3 rings (SSSR count). The van der Waals surface area contributed by atoms with Crippen LogP contribution in [0.5, 0.6) is 5.75 Å². The van der Waals surface area contributed by atoms with Gasteiger partial charge in [-0.05, 0) is 55.4 Å². The maximum Gasteiger partial charge on any atom is 0.338 e. The minimum atomic E-state index is -0.393. The number of nitrogens with zero attached hydrogens (tertiary/aromatic N) is 1. The molecule has 1 aliphatic heterocycles. The van der Waals surface area contributed by atoms with Crippen molar-refractivity contribution in [2.75, 3.05) is 33.4 Å². The third kappa shape index (κ3) is 4.51. The van der Waals surface area contributed by atoms with Gasteiger partial charge in [0.25, 0.3) is 0 Å². The molecular weight excluding hydrogens is 354 g/mol. The second-order valence-corrected chi connectivity index (χ2v) is 6.78. The van der Waals surface area contributed by atoms with Gasteiger partial charge in [0.1, 0.15) is 11.5 Å². The van der Waals surface area contributed by atoms with Crippen LogP contribution in [0.3, 0.4) is 0 Å². The van der Waals surface area contributed by atoms with E-state index in [0.717, 1.165) is 31.7 Å². The minimum Gasteiger partial charge on any atom is -0.512 e. The van der Waals surface area contributed by atoms with Gasteiger partial charge in [-0.3, -0.25) is 4.90 Å². The number of methoxy groups -OCH3 is 1. The molecule has 0 fully saturated rings. The molecule has 1 N–H and O–H groups in total. The highest BCUT2D eigenvalue weighted by Crippen LogP contribution is 2.35. The molecule has 0 aromatic heterocycles. The molecule has 6 heteroatoms. The maximum absolute atomic E-state index is 12.0. The Kier molecular flexibility index (Phi) is 7.35. The summed E-state index contributed by atoms with van der Waals surface area (Å²) >= 11 is 0. The first-order chi connectivity index (χ1) is 12.1. The quantitative estimate of drug-likeness (QED) is 0.789. The third-order valence-corrected chi connectivity index (χ3v) is 5.19. The summed E-state index contributed by atoms with van der Waals surface area (Å²) in [4.78, 5) is 14.3. The van der Waals surface area contributed by atoms with Gasteiger partial charge in [0.05, 0.1) is 19.3 Å². The molecule has 1 heterocycles. The maximum atomic E-state index is 12.0. The average molecular weight is 382 g/mol. The third-order valence-electron chi connectivity index (χ3n) is 5.19. The number of carbonyl (C=O) groups is 1. The van der Waals surface area contributed by atoms with E-state index in [1.807, 2.05) is 6.07 Å². The highest BCUT2D eigenvalue weighted by atomic mass is 35.5. The number of ether oxygens (including phenoxy) is 2. The fraction of sp³-hybridized carbons (Fsp3) is 0.550. The summed E-state index contributed by atoms with van der Waals surface area (Å²) in [6, 6.07) is 6.36. The molecule has 1 atom stereocenters. The van der Waals surface area contributed by atoms with E-state index in [9.17, 15) is 9.90 Å². The van der Waals surface area contributed by atoms with Crippen LogP contribution in [0.15, 0.2) is 29.5 Å². The summed E-state index contributed by atoms with van der Waals surface area (Å²) in [6.45, 7) is 4.22. The molecule has 0 spiro atoms. The van der Waals surface area contributed by atoms with E-state index >= 15 is 0 Å². The molecule has 1 aliphatic carbocycles. The minimum absolute atomic E-state index is 0. The summed E-state index contributed by atoms with van der Waals surface area (Å²) in [7, 11) is 1.70. The van der Waals surface area contributed by atoms with Crippen molar-refractivity contribution >= 4 is 18.4 Å². The van der Waals surface area contributed by atoms with Gasteiger partial charge in [-0.1, -0.05) is 6.07 Å². The lowest BCUT2D eigenvalue weighted by atomic mass is 9.82. The van der Waals surface area contributed by atoms with Crippen LogP contribution in [0.1, 0.15) is 43.2 Å². The first kappa shape index (κ1) is 20.6. The number of rotatable bonds is 5. The van der Waals surface area contributed by atoms with E-state index in [2.05, 4.69) is 17.0 Å². The number of esters is 1. The first-order valence-electron chi connectivity index (χ1n) is 9.09. The van der Waals surface area contributed by atoms with E-state index in [-0.39, 0.29) is 18.2 Å². The standard InChI is InChI=1S/C20H27NO4.ClH/c1-3-25-20(23)18-13-21(10-9-19(18)22)12-15-6-4-5-14-7-8-16(24-2)11-17(14)15;/h7-8,11,15,22H,3-6,9-10,12-13H2,1-2H3;1H. The van der Waals surface area contributed by atoms with Crippen LogP contribution < -0.4 is 4.74 Å². The topological polar surface area (TPSA) is 59.0 Å². The summed E-state index contributed by atoms with van der Waals surface area (Å²) in [5.41, 5.74) is 3.18. The van der Waals surface area contributed by atoms with Crippen molar-refractivity contribution in [1.29, 1.82) is 0 Å². The molecule has 5 nitrogen and oxygen atoms in total. The predicted molar refractivity (Wildman–Crippen MR) is 103 cm³/mol. The van der Waals surface area contributed by atoms with Crippen molar-refractivity contribution in [2.24, 2.45) is 0 Å². The van der Waals surface area contributed by atoms with E-state index in [1.165, 1.54) is 17.5 Å². The fourth-order valence-corrected chi connectivity index (χ4v) is 3.87. The van der Waals surface area contributed by atoms with Crippen LogP contribution in [-0.2, 0) is 16.0 Å². The lowest BCUT2D eigenvalue weighted by Crippen LogP contribution is -2.38. The van der Waals surface area contributed by atoms with Crippen LogP contribution in [-0.4, -0.2) is 49.3 Å². The smallest absolute Gasteiger partial charge is 0.338 e. The van der Waals surface area contributed by atoms with Crippen molar-refractivity contribution in [3.63, 3.8) is 0 Å². The first-order valence-corrected chi connectivity index (χ1v) is 9.09. The van der Waals surface area contributed by atoms with Gasteiger partial charge in [0.15, 0.2) is 0 Å². The molecule has 0 amide bonds. The molecule has 26 heavy (non-hydrogen) atoms. The van der Waals surface area contributed by atoms with E-state index in [1.54, 1.807) is 14.0 Å². The summed E-state index contributed by atoms with van der Waals surface area (Å²) in [6.07, 6.45) is 3.95.